The van der Waals surface area contributed by atoms with Crippen molar-refractivity contribution < 1.29 is 15.0 Å². The van der Waals surface area contributed by atoms with Crippen molar-refractivity contribution in [3.63, 3.8) is 0 Å². The minimum atomic E-state index is -0.913. The SMILES string of the molecule is O=C(O)c1cccc(CN2CCC(O)(c3ccccc3Cl)CC2)c1. The summed E-state index contributed by atoms with van der Waals surface area (Å²) in [6, 6.07) is 14.4. The van der Waals surface area contributed by atoms with Gasteiger partial charge in [0.05, 0.1) is 11.2 Å². The van der Waals surface area contributed by atoms with Crippen molar-refractivity contribution in [3.05, 3.63) is 70.2 Å². The Hall–Kier alpha value is -1.88. The minimum absolute atomic E-state index is 0.303. The van der Waals surface area contributed by atoms with Crippen LogP contribution in [0.5, 0.6) is 0 Å². The zero-order valence-corrected chi connectivity index (χ0v) is 14.0. The van der Waals surface area contributed by atoms with Crippen LogP contribution in [0.2, 0.25) is 5.02 Å². The number of rotatable bonds is 4. The van der Waals surface area contributed by atoms with Crippen molar-refractivity contribution in [2.75, 3.05) is 13.1 Å². The average Bonchev–Trinajstić information content (AvgIpc) is 2.58. The second kappa shape index (κ2) is 6.93. The molecule has 2 aromatic rings. The number of halogens is 1. The zero-order chi connectivity index (χ0) is 17.2. The van der Waals surface area contributed by atoms with Gasteiger partial charge in [0.1, 0.15) is 0 Å². The van der Waals surface area contributed by atoms with E-state index in [-0.39, 0.29) is 0 Å². The fourth-order valence-corrected chi connectivity index (χ4v) is 3.56. The van der Waals surface area contributed by atoms with Crippen LogP contribution in [-0.4, -0.2) is 34.2 Å². The van der Waals surface area contributed by atoms with E-state index >= 15 is 0 Å². The smallest absolute Gasteiger partial charge is 0.335 e. The molecule has 0 atom stereocenters. The molecule has 0 aliphatic carbocycles. The number of hydrogen-bond donors (Lipinski definition) is 2. The molecule has 0 spiro atoms. The maximum Gasteiger partial charge on any atom is 0.335 e. The molecular formula is C19H20ClNO3. The number of carbonyl (C=O) groups is 1. The molecule has 1 heterocycles. The van der Waals surface area contributed by atoms with Crippen LogP contribution in [0.25, 0.3) is 0 Å². The molecule has 5 heteroatoms. The number of benzene rings is 2. The Morgan fingerprint density at radius 1 is 1.12 bits per heavy atom. The number of likely N-dealkylation sites (tertiary alicyclic amines) is 1. The largest absolute Gasteiger partial charge is 0.478 e. The third kappa shape index (κ3) is 3.61. The van der Waals surface area contributed by atoms with Gasteiger partial charge >= 0.3 is 5.97 Å². The molecule has 1 fully saturated rings. The summed E-state index contributed by atoms with van der Waals surface area (Å²) in [5.41, 5.74) is 1.17. The molecular weight excluding hydrogens is 326 g/mol. The van der Waals surface area contributed by atoms with Crippen molar-refractivity contribution in [2.24, 2.45) is 0 Å². The molecule has 0 aromatic heterocycles. The molecule has 2 N–H and O–H groups in total. The summed E-state index contributed by atoms with van der Waals surface area (Å²) < 4.78 is 0. The van der Waals surface area contributed by atoms with E-state index in [1.54, 1.807) is 24.3 Å². The van der Waals surface area contributed by atoms with Gasteiger partial charge in [-0.15, -0.1) is 0 Å². The lowest BCUT2D eigenvalue weighted by molar-refractivity contribution is -0.0276. The molecule has 1 aliphatic heterocycles. The Morgan fingerprint density at radius 2 is 1.83 bits per heavy atom. The molecule has 0 amide bonds. The quantitative estimate of drug-likeness (QED) is 0.890. The minimum Gasteiger partial charge on any atom is -0.478 e. The van der Waals surface area contributed by atoms with Crippen molar-refractivity contribution in [2.45, 2.75) is 25.0 Å². The van der Waals surface area contributed by atoms with Crippen LogP contribution in [0.15, 0.2) is 48.5 Å². The fraction of sp³-hybridized carbons (Fsp3) is 0.316. The summed E-state index contributed by atoms with van der Waals surface area (Å²) >= 11 is 6.23. The van der Waals surface area contributed by atoms with Gasteiger partial charge in [-0.2, -0.15) is 0 Å². The summed E-state index contributed by atoms with van der Waals surface area (Å²) in [6.45, 7) is 2.15. The van der Waals surface area contributed by atoms with Crippen LogP contribution in [-0.2, 0) is 12.1 Å². The third-order valence-electron chi connectivity index (χ3n) is 4.64. The molecule has 0 saturated carbocycles. The van der Waals surface area contributed by atoms with Crippen molar-refractivity contribution in [1.82, 2.24) is 4.90 Å². The summed E-state index contributed by atoms with van der Waals surface area (Å²) in [5, 5.41) is 20.6. The van der Waals surface area contributed by atoms with Gasteiger partial charge in [0.25, 0.3) is 0 Å². The summed E-state index contributed by atoms with van der Waals surface area (Å²) in [5.74, 6) is -0.913. The molecule has 4 nitrogen and oxygen atoms in total. The predicted molar refractivity (Wildman–Crippen MR) is 93.3 cm³/mol. The van der Waals surface area contributed by atoms with Crippen LogP contribution >= 0.6 is 11.6 Å². The van der Waals surface area contributed by atoms with Gasteiger partial charge in [-0.1, -0.05) is 41.9 Å². The first kappa shape index (κ1) is 17.0. The van der Waals surface area contributed by atoms with Crippen LogP contribution in [0.1, 0.15) is 34.3 Å². The van der Waals surface area contributed by atoms with E-state index in [2.05, 4.69) is 4.90 Å². The Morgan fingerprint density at radius 3 is 2.50 bits per heavy atom. The van der Waals surface area contributed by atoms with Crippen LogP contribution in [0, 0.1) is 0 Å². The van der Waals surface area contributed by atoms with Crippen molar-refractivity contribution in [3.8, 4) is 0 Å². The van der Waals surface area contributed by atoms with Crippen LogP contribution < -0.4 is 0 Å². The first-order valence-electron chi connectivity index (χ1n) is 8.00. The molecule has 126 valence electrons. The predicted octanol–water partition coefficient (Wildman–Crippen LogP) is 3.52. The lowest BCUT2D eigenvalue weighted by Gasteiger charge is -2.39. The monoisotopic (exact) mass is 345 g/mol. The average molecular weight is 346 g/mol. The van der Waals surface area contributed by atoms with Gasteiger partial charge in [0.2, 0.25) is 0 Å². The highest BCUT2D eigenvalue weighted by Crippen LogP contribution is 2.36. The number of hydrogen-bond acceptors (Lipinski definition) is 3. The third-order valence-corrected chi connectivity index (χ3v) is 4.97. The lowest BCUT2D eigenvalue weighted by Crippen LogP contribution is -2.42. The van der Waals surface area contributed by atoms with Gasteiger partial charge in [-0.3, -0.25) is 4.90 Å². The first-order chi connectivity index (χ1) is 11.5. The second-order valence-electron chi connectivity index (χ2n) is 6.29. The number of piperidine rings is 1. The molecule has 3 rings (SSSR count). The maximum atomic E-state index is 11.1. The fourth-order valence-electron chi connectivity index (χ4n) is 3.25. The topological polar surface area (TPSA) is 60.8 Å². The van der Waals surface area contributed by atoms with E-state index < -0.39 is 11.6 Å². The molecule has 0 bridgehead atoms. The van der Waals surface area contributed by atoms with Gasteiger partial charge in [0.15, 0.2) is 0 Å². The van der Waals surface area contributed by atoms with Gasteiger partial charge in [0, 0.05) is 30.2 Å². The Bertz CT molecular complexity index is 739. The molecule has 24 heavy (non-hydrogen) atoms. The number of carboxylic acid groups (broad SMARTS) is 1. The highest BCUT2D eigenvalue weighted by atomic mass is 35.5. The Kier molecular flexibility index (Phi) is 4.90. The molecule has 1 saturated heterocycles. The number of aromatic carboxylic acids is 1. The van der Waals surface area contributed by atoms with Crippen molar-refractivity contribution in [1.29, 1.82) is 0 Å². The zero-order valence-electron chi connectivity index (χ0n) is 13.3. The number of nitrogens with zero attached hydrogens (tertiary/aromatic N) is 1. The highest BCUT2D eigenvalue weighted by Gasteiger charge is 2.35. The standard InChI is InChI=1S/C19H20ClNO3/c20-17-7-2-1-6-16(17)19(24)8-10-21(11-9-19)13-14-4-3-5-15(12-14)18(22)23/h1-7,12,24H,8-11,13H2,(H,22,23). The first-order valence-corrected chi connectivity index (χ1v) is 8.38. The molecule has 2 aromatic carbocycles. The Balaban J connectivity index is 1.66. The summed E-state index contributed by atoms with van der Waals surface area (Å²) in [7, 11) is 0. The summed E-state index contributed by atoms with van der Waals surface area (Å²) in [4.78, 5) is 13.3. The van der Waals surface area contributed by atoms with Crippen LogP contribution in [0.4, 0.5) is 0 Å². The van der Waals surface area contributed by atoms with E-state index in [0.29, 0.717) is 30.0 Å². The van der Waals surface area contributed by atoms with Gasteiger partial charge in [-0.05, 0) is 36.6 Å². The Labute approximate surface area is 146 Å². The van der Waals surface area contributed by atoms with E-state index in [1.807, 2.05) is 24.3 Å². The van der Waals surface area contributed by atoms with E-state index in [9.17, 15) is 9.90 Å². The maximum absolute atomic E-state index is 11.1. The number of carboxylic acids is 1. The highest BCUT2D eigenvalue weighted by molar-refractivity contribution is 6.31. The molecule has 0 radical (unpaired) electrons. The normalized spacial score (nSPS) is 17.6. The van der Waals surface area contributed by atoms with E-state index in [1.165, 1.54) is 0 Å². The van der Waals surface area contributed by atoms with E-state index in [4.69, 9.17) is 16.7 Å². The van der Waals surface area contributed by atoms with Crippen molar-refractivity contribution >= 4 is 17.6 Å². The van der Waals surface area contributed by atoms with Gasteiger partial charge < -0.3 is 10.2 Å². The van der Waals surface area contributed by atoms with E-state index in [0.717, 1.165) is 24.2 Å². The number of aliphatic hydroxyl groups is 1. The summed E-state index contributed by atoms with van der Waals surface area (Å²) in [6.07, 6.45) is 1.21. The lowest BCUT2D eigenvalue weighted by atomic mass is 9.84. The van der Waals surface area contributed by atoms with Crippen LogP contribution in [0.3, 0.4) is 0 Å². The van der Waals surface area contributed by atoms with Gasteiger partial charge in [-0.25, -0.2) is 4.79 Å². The second-order valence-corrected chi connectivity index (χ2v) is 6.70. The molecule has 0 unspecified atom stereocenters. The molecule has 1 aliphatic rings.